The van der Waals surface area contributed by atoms with E-state index in [4.69, 9.17) is 4.74 Å². The van der Waals surface area contributed by atoms with Gasteiger partial charge in [-0.15, -0.1) is 0 Å². The molecule has 1 spiro atoms. The van der Waals surface area contributed by atoms with E-state index in [-0.39, 0.29) is 28.0 Å². The molecule has 9 rings (SSSR count). The van der Waals surface area contributed by atoms with E-state index in [0.717, 1.165) is 84.3 Å². The number of rotatable bonds is 8. The number of aromatic nitrogens is 2. The number of ether oxygens (including phenoxy) is 1. The van der Waals surface area contributed by atoms with E-state index in [1.807, 2.05) is 44.2 Å². The molecule has 294 valence electrons. The van der Waals surface area contributed by atoms with Gasteiger partial charge >= 0.3 is 0 Å². The zero-order chi connectivity index (χ0) is 39.8. The second-order valence-electron chi connectivity index (χ2n) is 17.4. The number of Topliss-reactive ketones (excluding diaryl/α,β-unsaturated/α-hetero) is 3. The monoisotopic (exact) mass is 760 g/mol. The molecule has 57 heavy (non-hydrogen) atoms. The maximum atomic E-state index is 13.0. The van der Waals surface area contributed by atoms with Crippen molar-refractivity contribution in [2.24, 2.45) is 11.8 Å². The van der Waals surface area contributed by atoms with Crippen LogP contribution in [0.1, 0.15) is 144 Å². The lowest BCUT2D eigenvalue weighted by molar-refractivity contribution is -0.123. The van der Waals surface area contributed by atoms with E-state index in [9.17, 15) is 14.4 Å². The van der Waals surface area contributed by atoms with E-state index >= 15 is 0 Å². The topological polar surface area (TPSA) is 89.5 Å². The Morgan fingerprint density at radius 3 is 1.75 bits per heavy atom. The summed E-state index contributed by atoms with van der Waals surface area (Å²) in [5, 5.41) is 0. The van der Waals surface area contributed by atoms with Crippen LogP contribution in [0.15, 0.2) is 85.2 Å². The van der Waals surface area contributed by atoms with Crippen LogP contribution in [-0.4, -0.2) is 39.5 Å². The number of carbonyl (C=O) groups excluding carboxylic acids is 3. The fraction of sp³-hybridized carbons (Fsp3) is 0.431. The molecule has 6 heteroatoms. The molecule has 0 bridgehead atoms. The Kier molecular flexibility index (Phi) is 10.9. The zero-order valence-corrected chi connectivity index (χ0v) is 34.1. The normalized spacial score (nSPS) is 26.8. The average molecular weight is 761 g/mol. The van der Waals surface area contributed by atoms with Crippen molar-refractivity contribution >= 4 is 29.5 Å². The number of hydrogen-bond donors (Lipinski definition) is 0. The molecule has 4 aliphatic carbocycles. The van der Waals surface area contributed by atoms with Crippen LogP contribution in [0, 0.1) is 25.7 Å². The number of carbonyl (C=O) groups is 3. The third-order valence-electron chi connectivity index (χ3n) is 14.5. The van der Waals surface area contributed by atoms with Gasteiger partial charge in [-0.1, -0.05) is 74.5 Å². The SMILES string of the molecule is CC[C@@]12CCC(=O)C[C@@H]1CC=Cc1cc(C(=O)Cc3cccnc3C)ccc12.CC[C@@]12CC[C@]3(CO3)C[C@@H]1CC=Cc1cc(C(=O)Cc3cccnc3C)ccc12. The first-order valence-electron chi connectivity index (χ1n) is 21.2. The number of pyridine rings is 2. The van der Waals surface area contributed by atoms with Crippen molar-refractivity contribution < 1.29 is 19.1 Å². The average Bonchev–Trinajstić information content (AvgIpc) is 4.03. The van der Waals surface area contributed by atoms with E-state index in [0.29, 0.717) is 43.3 Å². The second kappa shape index (κ2) is 15.9. The van der Waals surface area contributed by atoms with Crippen LogP contribution in [-0.2, 0) is 33.2 Å². The maximum absolute atomic E-state index is 13.0. The molecule has 2 aromatic heterocycles. The summed E-state index contributed by atoms with van der Waals surface area (Å²) in [7, 11) is 0. The van der Waals surface area contributed by atoms with Crippen molar-refractivity contribution in [3.8, 4) is 0 Å². The number of fused-ring (bicyclic) bond motifs is 6. The van der Waals surface area contributed by atoms with Crippen molar-refractivity contribution in [2.45, 2.75) is 121 Å². The van der Waals surface area contributed by atoms with Crippen molar-refractivity contribution in [1.29, 1.82) is 0 Å². The Bertz CT molecular complexity index is 2260. The van der Waals surface area contributed by atoms with Crippen LogP contribution in [0.2, 0.25) is 0 Å². The van der Waals surface area contributed by atoms with E-state index in [1.54, 1.807) is 12.4 Å². The first-order valence-corrected chi connectivity index (χ1v) is 21.2. The number of nitrogens with zero attached hydrogens (tertiary/aromatic N) is 2. The number of ketones is 3. The molecule has 3 heterocycles. The Hall–Kier alpha value is -4.81. The highest BCUT2D eigenvalue weighted by molar-refractivity contribution is 5.99. The predicted molar refractivity (Wildman–Crippen MR) is 227 cm³/mol. The third kappa shape index (κ3) is 7.54. The van der Waals surface area contributed by atoms with E-state index in [2.05, 4.69) is 78.5 Å². The molecule has 0 N–H and O–H groups in total. The van der Waals surface area contributed by atoms with Gasteiger partial charge < -0.3 is 4.74 Å². The van der Waals surface area contributed by atoms with Gasteiger partial charge in [0, 0.05) is 60.6 Å². The van der Waals surface area contributed by atoms with E-state index < -0.39 is 0 Å². The molecule has 2 aromatic carbocycles. The lowest BCUT2D eigenvalue weighted by Crippen LogP contribution is -2.43. The quantitative estimate of drug-likeness (QED) is 0.131. The molecule has 2 saturated carbocycles. The van der Waals surface area contributed by atoms with E-state index in [1.165, 1.54) is 29.5 Å². The van der Waals surface area contributed by atoms with Crippen LogP contribution in [0.5, 0.6) is 0 Å². The van der Waals surface area contributed by atoms with Gasteiger partial charge in [-0.25, -0.2) is 0 Å². The Labute approximate surface area is 338 Å². The van der Waals surface area contributed by atoms with Gasteiger partial charge in [0.05, 0.1) is 12.2 Å². The lowest BCUT2D eigenvalue weighted by Gasteiger charge is -2.46. The molecule has 1 aliphatic heterocycles. The molecule has 3 fully saturated rings. The number of benzene rings is 2. The Balaban J connectivity index is 0.000000160. The Morgan fingerprint density at radius 1 is 0.719 bits per heavy atom. The van der Waals surface area contributed by atoms with Crippen molar-refractivity contribution in [3.05, 3.63) is 141 Å². The molecule has 0 unspecified atom stereocenters. The molecule has 0 radical (unpaired) electrons. The highest BCUT2D eigenvalue weighted by Crippen LogP contribution is 2.57. The fourth-order valence-electron chi connectivity index (χ4n) is 10.9. The highest BCUT2D eigenvalue weighted by atomic mass is 16.6. The largest absolute Gasteiger partial charge is 0.370 e. The minimum atomic E-state index is 0.0499. The van der Waals surface area contributed by atoms with Gasteiger partial charge in [0.25, 0.3) is 0 Å². The molecule has 4 aromatic rings. The molecular formula is C51H56N2O4. The smallest absolute Gasteiger partial charge is 0.167 e. The predicted octanol–water partition coefficient (Wildman–Crippen LogP) is 10.7. The van der Waals surface area contributed by atoms with Crippen LogP contribution >= 0.6 is 0 Å². The van der Waals surface area contributed by atoms with Gasteiger partial charge in [-0.2, -0.15) is 0 Å². The second-order valence-corrected chi connectivity index (χ2v) is 17.4. The molecular weight excluding hydrogens is 705 g/mol. The van der Waals surface area contributed by atoms with Gasteiger partial charge in [-0.3, -0.25) is 24.4 Å². The first-order chi connectivity index (χ1) is 27.6. The Morgan fingerprint density at radius 2 is 1.25 bits per heavy atom. The van der Waals surface area contributed by atoms with Gasteiger partial charge in [0.1, 0.15) is 5.78 Å². The number of aryl methyl sites for hydroxylation is 2. The highest BCUT2D eigenvalue weighted by Gasteiger charge is 2.56. The number of allylic oxidation sites excluding steroid dienone is 2. The summed E-state index contributed by atoms with van der Waals surface area (Å²) < 4.78 is 5.85. The maximum Gasteiger partial charge on any atom is 0.167 e. The fourth-order valence-corrected chi connectivity index (χ4v) is 10.9. The lowest BCUT2D eigenvalue weighted by atomic mass is 9.58. The van der Waals surface area contributed by atoms with Crippen LogP contribution in [0.25, 0.3) is 12.2 Å². The molecule has 6 nitrogen and oxygen atoms in total. The van der Waals surface area contributed by atoms with Gasteiger partial charge in [0.15, 0.2) is 11.6 Å². The van der Waals surface area contributed by atoms with Gasteiger partial charge in [-0.05, 0) is 146 Å². The first kappa shape index (κ1) is 39.0. The minimum absolute atomic E-state index is 0.0499. The van der Waals surface area contributed by atoms with Crippen LogP contribution < -0.4 is 0 Å². The summed E-state index contributed by atoms with van der Waals surface area (Å²) in [6.07, 6.45) is 23.2. The summed E-state index contributed by atoms with van der Waals surface area (Å²) >= 11 is 0. The molecule has 5 aliphatic rings. The number of hydrogen-bond acceptors (Lipinski definition) is 6. The zero-order valence-electron chi connectivity index (χ0n) is 34.1. The molecule has 1 saturated heterocycles. The molecule has 0 amide bonds. The summed E-state index contributed by atoms with van der Waals surface area (Å²) in [6.45, 7) is 9.42. The number of epoxide rings is 1. The standard InChI is InChI=1S/C26H29NO2.C25H27NO2/c1-3-26-12-11-25(17-29-25)16-22(26)8-4-6-20-14-21(9-10-23(20)26)24(28)15-19-7-5-13-27-18(19)2;1-3-25-12-11-22(27)16-21(25)8-4-6-19-14-20(9-10-23(19)25)24(28)15-18-7-5-13-26-17(18)2/h4-7,9-10,13-14,22H,3,8,11-12,15-17H2,1-2H3;4-7,9-10,13-14,21H,3,8,11-12,15-16H2,1-2H3/t22-,25+,26+;21-,25+/m00/s1. The van der Waals surface area contributed by atoms with Crippen LogP contribution in [0.3, 0.4) is 0 Å². The van der Waals surface area contributed by atoms with Crippen LogP contribution in [0.4, 0.5) is 0 Å². The third-order valence-corrected chi connectivity index (χ3v) is 14.5. The van der Waals surface area contributed by atoms with Gasteiger partial charge in [0.2, 0.25) is 0 Å². The minimum Gasteiger partial charge on any atom is -0.370 e. The molecule has 5 atom stereocenters. The van der Waals surface area contributed by atoms with Crippen molar-refractivity contribution in [1.82, 2.24) is 9.97 Å². The van der Waals surface area contributed by atoms with Crippen molar-refractivity contribution in [2.75, 3.05) is 6.61 Å². The van der Waals surface area contributed by atoms with Crippen molar-refractivity contribution in [3.63, 3.8) is 0 Å². The summed E-state index contributed by atoms with van der Waals surface area (Å²) in [4.78, 5) is 46.6. The summed E-state index contributed by atoms with van der Waals surface area (Å²) in [5.41, 5.74) is 10.9. The summed E-state index contributed by atoms with van der Waals surface area (Å²) in [5.74, 6) is 1.68. The summed E-state index contributed by atoms with van der Waals surface area (Å²) in [6, 6.07) is 20.4.